The number of carbonyl (C=O) groups is 1. The molecule has 0 aliphatic carbocycles. The highest BCUT2D eigenvalue weighted by Gasteiger charge is 2.39. The Balaban J connectivity index is 0.000000890. The van der Waals surface area contributed by atoms with E-state index in [-0.39, 0.29) is 12.2 Å². The third kappa shape index (κ3) is 7.69. The number of pyridine rings is 1. The zero-order valence-electron chi connectivity index (χ0n) is 19.4. The zero-order valence-corrected chi connectivity index (χ0v) is 20.2. The van der Waals surface area contributed by atoms with Crippen molar-refractivity contribution in [1.29, 1.82) is 0 Å². The summed E-state index contributed by atoms with van der Waals surface area (Å²) in [5.74, 6) is -1.13. The molecule has 0 spiro atoms. The lowest BCUT2D eigenvalue weighted by Crippen LogP contribution is -2.56. The van der Waals surface area contributed by atoms with Crippen LogP contribution in [0.15, 0.2) is 48.8 Å². The van der Waals surface area contributed by atoms with Crippen LogP contribution in [0, 0.1) is 0 Å². The van der Waals surface area contributed by atoms with Crippen LogP contribution >= 0.6 is 0 Å². The number of nitrogens with zero attached hydrogens (tertiary/aromatic N) is 3. The molecule has 0 amide bonds. The number of aliphatic carboxylic acids is 1. The molecule has 1 saturated heterocycles. The molecule has 2 heterocycles. The lowest BCUT2D eigenvalue weighted by Gasteiger charge is -2.37. The van der Waals surface area contributed by atoms with Crippen molar-refractivity contribution in [3.63, 3.8) is 0 Å². The van der Waals surface area contributed by atoms with E-state index in [1.165, 1.54) is 19.8 Å². The van der Waals surface area contributed by atoms with Crippen LogP contribution in [-0.2, 0) is 16.1 Å². The fraction of sp³-hybridized carbons (Fsp3) is 0.478. The highest BCUT2D eigenvalue weighted by molar-refractivity contribution is 7.77. The number of hydrogen-bond acceptors (Lipinski definition) is 7. The highest BCUT2D eigenvalue weighted by atomic mass is 32.2. The molecule has 2 aromatic rings. The van der Waals surface area contributed by atoms with Gasteiger partial charge in [-0.05, 0) is 36.4 Å². The van der Waals surface area contributed by atoms with Crippen LogP contribution < -0.4 is 19.3 Å². The van der Waals surface area contributed by atoms with Crippen molar-refractivity contribution in [2.45, 2.75) is 45.8 Å². The topological polar surface area (TPSA) is 118 Å². The molecule has 0 saturated carbocycles. The van der Waals surface area contributed by atoms with Gasteiger partial charge in [-0.1, -0.05) is 33.6 Å². The van der Waals surface area contributed by atoms with Gasteiger partial charge in [0, 0.05) is 67.6 Å². The van der Waals surface area contributed by atoms with Gasteiger partial charge >= 0.3 is 5.97 Å². The Morgan fingerprint density at radius 2 is 1.52 bits per heavy atom. The van der Waals surface area contributed by atoms with E-state index in [1.807, 2.05) is 29.0 Å². The summed E-state index contributed by atoms with van der Waals surface area (Å²) >= 11 is -2.78. The van der Waals surface area contributed by atoms with Gasteiger partial charge in [0.2, 0.25) is 0 Å². The molecular formula is C23H33N4O5S-. The first kappa shape index (κ1) is 26.6. The van der Waals surface area contributed by atoms with Gasteiger partial charge < -0.3 is 24.2 Å². The molecule has 9 nitrogen and oxygen atoms in total. The smallest absolute Gasteiger partial charge is 0.364 e. The molecule has 10 heteroatoms. The summed E-state index contributed by atoms with van der Waals surface area (Å²) in [4.78, 5) is 20.2. The van der Waals surface area contributed by atoms with E-state index in [0.29, 0.717) is 0 Å². The molecule has 182 valence electrons. The average Bonchev–Trinajstić information content (AvgIpc) is 2.84. The van der Waals surface area contributed by atoms with Crippen molar-refractivity contribution in [1.82, 2.24) is 9.71 Å². The fourth-order valence-electron chi connectivity index (χ4n) is 3.24. The average molecular weight is 478 g/mol. The monoisotopic (exact) mass is 477 g/mol. The first-order valence-corrected chi connectivity index (χ1v) is 12.2. The fourth-order valence-corrected chi connectivity index (χ4v) is 3.78. The first-order chi connectivity index (χ1) is 15.8. The van der Waals surface area contributed by atoms with Crippen LogP contribution in [0.25, 0.3) is 0 Å². The van der Waals surface area contributed by atoms with E-state index in [4.69, 9.17) is 4.74 Å². The van der Waals surface area contributed by atoms with Gasteiger partial charge in [-0.15, -0.1) is 0 Å². The number of carboxylic acid groups (broad SMARTS) is 1. The number of carboxylic acids is 1. The molecule has 1 aliphatic rings. The third-order valence-electron chi connectivity index (χ3n) is 5.39. The number of ether oxygens (including phenoxy) is 1. The first-order valence-electron chi connectivity index (χ1n) is 11.1. The predicted octanol–water partition coefficient (Wildman–Crippen LogP) is 3.17. The van der Waals surface area contributed by atoms with Gasteiger partial charge in [0.1, 0.15) is 5.75 Å². The quantitative estimate of drug-likeness (QED) is 0.418. The van der Waals surface area contributed by atoms with Crippen molar-refractivity contribution in [2.75, 3.05) is 36.0 Å². The zero-order chi connectivity index (χ0) is 24.3. The molecule has 1 aromatic carbocycles. The Hall–Kier alpha value is -2.69. The summed E-state index contributed by atoms with van der Waals surface area (Å²) in [5, 5.41) is 9.43. The van der Waals surface area contributed by atoms with Gasteiger partial charge in [0.05, 0.1) is 0 Å². The van der Waals surface area contributed by atoms with Crippen molar-refractivity contribution in [3.8, 4) is 5.75 Å². The molecule has 2 N–H and O–H groups in total. The summed E-state index contributed by atoms with van der Waals surface area (Å²) in [6, 6.07) is 11.0. The standard InChI is InChI=1S/C19H24N4O5S.C4H10/c1-2-19(18(24)25,21-29(26)27)28-17-5-3-15(4-6-17)22-11-13-23(14-12-22)16-7-9-20-10-8-16;1-3-4-2/h3-10,21H,2,11-14H2,1H3,(H,24,25)(H,26,27);3-4H2,1-2H3/p-1. The van der Waals surface area contributed by atoms with E-state index in [1.54, 1.807) is 24.5 Å². The van der Waals surface area contributed by atoms with Gasteiger partial charge in [-0.3, -0.25) is 9.19 Å². The SMILES string of the molecule is CCC(NS(=O)[O-])(Oc1ccc(N2CCN(c3ccncc3)CC2)cc1)C(=O)O.CCCC. The highest BCUT2D eigenvalue weighted by Crippen LogP contribution is 2.25. The van der Waals surface area contributed by atoms with E-state index >= 15 is 0 Å². The summed E-state index contributed by atoms with van der Waals surface area (Å²) in [7, 11) is 0. The number of rotatable bonds is 9. The van der Waals surface area contributed by atoms with Crippen LogP contribution in [0.4, 0.5) is 11.4 Å². The lowest BCUT2D eigenvalue weighted by atomic mass is 10.1. The summed E-state index contributed by atoms with van der Waals surface area (Å²) in [6.07, 6.45) is 6.13. The number of hydrogen-bond donors (Lipinski definition) is 2. The lowest BCUT2D eigenvalue weighted by molar-refractivity contribution is -0.157. The van der Waals surface area contributed by atoms with Crippen LogP contribution in [0.2, 0.25) is 0 Å². The Kier molecular flexibility index (Phi) is 10.6. The summed E-state index contributed by atoms with van der Waals surface area (Å²) in [6.45, 7) is 9.32. The molecule has 2 atom stereocenters. The van der Waals surface area contributed by atoms with Crippen LogP contribution in [-0.4, -0.2) is 56.7 Å². The molecule has 0 radical (unpaired) electrons. The summed E-state index contributed by atoms with van der Waals surface area (Å²) < 4.78 is 29.4. The van der Waals surface area contributed by atoms with Gasteiger partial charge in [-0.25, -0.2) is 9.52 Å². The Morgan fingerprint density at radius 3 is 1.91 bits per heavy atom. The van der Waals surface area contributed by atoms with Crippen molar-refractivity contribution >= 4 is 28.6 Å². The third-order valence-corrected chi connectivity index (χ3v) is 5.89. The number of nitrogens with one attached hydrogen (secondary N) is 1. The maximum Gasteiger partial charge on any atom is 0.364 e. The largest absolute Gasteiger partial charge is 0.760 e. The van der Waals surface area contributed by atoms with Crippen LogP contribution in [0.1, 0.15) is 40.0 Å². The molecule has 1 aliphatic heterocycles. The Labute approximate surface area is 198 Å². The normalized spacial score (nSPS) is 16.2. The Morgan fingerprint density at radius 1 is 1.03 bits per heavy atom. The molecular weight excluding hydrogens is 444 g/mol. The second-order valence-electron chi connectivity index (χ2n) is 7.60. The minimum Gasteiger partial charge on any atom is -0.760 e. The number of aromatic nitrogens is 1. The summed E-state index contributed by atoms with van der Waals surface area (Å²) in [5.41, 5.74) is 0.102. The second kappa shape index (κ2) is 13.1. The number of piperazine rings is 1. The minimum atomic E-state index is -2.78. The van der Waals surface area contributed by atoms with Crippen LogP contribution in [0.3, 0.4) is 0 Å². The molecule has 0 bridgehead atoms. The Bertz CT molecular complexity index is 874. The molecule has 2 unspecified atom stereocenters. The van der Waals surface area contributed by atoms with Crippen molar-refractivity contribution in [3.05, 3.63) is 48.8 Å². The maximum atomic E-state index is 11.6. The van der Waals surface area contributed by atoms with E-state index in [9.17, 15) is 18.7 Å². The van der Waals surface area contributed by atoms with Crippen LogP contribution in [0.5, 0.6) is 5.75 Å². The maximum absolute atomic E-state index is 11.6. The number of anilines is 2. The van der Waals surface area contributed by atoms with E-state index < -0.39 is 23.0 Å². The molecule has 1 aromatic heterocycles. The predicted molar refractivity (Wildman–Crippen MR) is 129 cm³/mol. The van der Waals surface area contributed by atoms with Gasteiger partial charge in [-0.2, -0.15) is 0 Å². The number of unbranched alkanes of at least 4 members (excludes halogenated alkanes) is 1. The van der Waals surface area contributed by atoms with Crippen molar-refractivity contribution < 1.29 is 23.4 Å². The van der Waals surface area contributed by atoms with E-state index in [2.05, 4.69) is 28.6 Å². The minimum absolute atomic E-state index is 0.0744. The van der Waals surface area contributed by atoms with Gasteiger partial charge in [0.25, 0.3) is 5.72 Å². The molecule has 33 heavy (non-hydrogen) atoms. The van der Waals surface area contributed by atoms with E-state index in [0.717, 1.165) is 37.6 Å². The van der Waals surface area contributed by atoms with Gasteiger partial charge in [0.15, 0.2) is 0 Å². The second-order valence-corrected chi connectivity index (χ2v) is 8.27. The molecule has 3 rings (SSSR count). The molecule has 1 fully saturated rings. The van der Waals surface area contributed by atoms with Crippen molar-refractivity contribution in [2.24, 2.45) is 0 Å². The number of benzene rings is 1.